The zero-order chi connectivity index (χ0) is 36.5. The lowest BCUT2D eigenvalue weighted by Gasteiger charge is -2.19. The van der Waals surface area contributed by atoms with E-state index < -0.39 is 29.8 Å². The number of rotatable bonds is 11. The molecule has 3 aromatic rings. The molecule has 16 heteroatoms. The lowest BCUT2D eigenvalue weighted by Crippen LogP contribution is -2.38. The van der Waals surface area contributed by atoms with Crippen LogP contribution in [0.2, 0.25) is 0 Å². The average molecular weight is 924 g/mol. The number of esters is 2. The summed E-state index contributed by atoms with van der Waals surface area (Å²) < 4.78 is 17.2. The molecule has 5 N–H and O–H groups in total. The second-order valence-corrected chi connectivity index (χ2v) is 14.5. The first kappa shape index (κ1) is 41.0. The van der Waals surface area contributed by atoms with Crippen molar-refractivity contribution in [3.05, 3.63) is 82.6 Å². The van der Waals surface area contributed by atoms with Gasteiger partial charge in [0.25, 0.3) is 0 Å². The predicted octanol–water partition coefficient (Wildman–Crippen LogP) is 8.07. The summed E-state index contributed by atoms with van der Waals surface area (Å²) in [4.78, 5) is 61.6. The third-order valence-corrected chi connectivity index (χ3v) is 7.76. The van der Waals surface area contributed by atoms with E-state index in [9.17, 15) is 34.2 Å². The highest BCUT2D eigenvalue weighted by Crippen LogP contribution is 2.35. The van der Waals surface area contributed by atoms with E-state index in [1.165, 1.54) is 36.4 Å². The van der Waals surface area contributed by atoms with Crippen molar-refractivity contribution in [2.45, 2.75) is 52.7 Å². The van der Waals surface area contributed by atoms with E-state index >= 15 is 0 Å². The van der Waals surface area contributed by atoms with Crippen LogP contribution in [0.1, 0.15) is 82.5 Å². The molecule has 0 aliphatic rings. The number of nitrogens with two attached hydrogens (primary N) is 1. The molecular weight excluding hydrogens is 892 g/mol. The summed E-state index contributed by atoms with van der Waals surface area (Å²) in [6.45, 7) is 10.1. The van der Waals surface area contributed by atoms with Crippen LogP contribution < -0.4 is 20.5 Å². The van der Waals surface area contributed by atoms with Crippen molar-refractivity contribution in [2.75, 3.05) is 11.9 Å². The van der Waals surface area contributed by atoms with Crippen molar-refractivity contribution >= 4 is 99.2 Å². The number of carbonyl (C=O) groups excluding carboxylic acids is 3. The Morgan fingerprint density at radius 3 is 1.50 bits per heavy atom. The van der Waals surface area contributed by atoms with Gasteiger partial charge in [-0.1, -0.05) is 38.8 Å². The number of hydrogen-bond acceptors (Lipinski definition) is 9. The molecule has 3 rings (SSSR count). The molecule has 12 nitrogen and oxygen atoms in total. The molecule has 0 aliphatic carbocycles. The summed E-state index contributed by atoms with van der Waals surface area (Å²) >= 11 is 12.7. The highest BCUT2D eigenvalue weighted by molar-refractivity contribution is 9.11. The number of aromatic carboxylic acids is 2. The van der Waals surface area contributed by atoms with Gasteiger partial charge in [-0.3, -0.25) is 4.79 Å². The minimum absolute atomic E-state index is 0.0462. The van der Waals surface area contributed by atoms with E-state index in [0.717, 1.165) is 6.07 Å². The third-order valence-electron chi connectivity index (χ3n) is 5.67. The molecule has 0 fully saturated rings. The van der Waals surface area contributed by atoms with Crippen LogP contribution in [-0.2, 0) is 9.53 Å². The lowest BCUT2D eigenvalue weighted by atomic mass is 10.1. The number of carboxylic acids is 2. The SMILES string of the molecule is CC(C)OCC(C)(C)N.CCC(=O)Nc1cc(C(=O)Oc2c(Br)cc(Br)cc2C(=O)O)cc(C(=O)Oc2c(Br)cc(Br)cc2C(=O)O)c1. The highest BCUT2D eigenvalue weighted by atomic mass is 79.9. The molecule has 48 heavy (non-hydrogen) atoms. The molecular formula is C32H32Br4N2O10. The van der Waals surface area contributed by atoms with Gasteiger partial charge in [0, 0.05) is 26.6 Å². The minimum Gasteiger partial charge on any atom is -0.478 e. The molecule has 0 spiro atoms. The standard InChI is InChI=1S/C25H15Br4NO9.C7H17NO/c1-2-19(31)30-14-4-10(24(36)38-20-15(22(32)33)6-12(26)8-17(20)28)3-11(5-14)25(37)39-21-16(23(34)35)7-13(27)9-18(21)29;1-6(2)9-5-7(3,4)8/h3-9H,2H2,1H3,(H,30,31)(H,32,33)(H,34,35);6H,5,8H2,1-4H3. The van der Waals surface area contributed by atoms with Crippen LogP contribution in [0.15, 0.2) is 60.4 Å². The minimum atomic E-state index is -1.36. The number of carbonyl (C=O) groups is 5. The fourth-order valence-electron chi connectivity index (χ4n) is 3.52. The molecule has 0 saturated heterocycles. The Morgan fingerprint density at radius 1 is 0.771 bits per heavy atom. The van der Waals surface area contributed by atoms with Gasteiger partial charge in [0.1, 0.15) is 11.1 Å². The Kier molecular flexibility index (Phi) is 15.4. The van der Waals surface area contributed by atoms with Crippen LogP contribution in [0.3, 0.4) is 0 Å². The van der Waals surface area contributed by atoms with Crippen molar-refractivity contribution in [2.24, 2.45) is 5.73 Å². The van der Waals surface area contributed by atoms with Gasteiger partial charge < -0.3 is 35.5 Å². The molecule has 3 aromatic carbocycles. The maximum Gasteiger partial charge on any atom is 0.343 e. The maximum atomic E-state index is 13.1. The Labute approximate surface area is 310 Å². The van der Waals surface area contributed by atoms with E-state index in [1.807, 2.05) is 27.7 Å². The van der Waals surface area contributed by atoms with Crippen LogP contribution in [0, 0.1) is 0 Å². The second kappa shape index (κ2) is 18.0. The van der Waals surface area contributed by atoms with E-state index in [0.29, 0.717) is 15.6 Å². The number of amides is 1. The first-order chi connectivity index (χ1) is 22.2. The second-order valence-electron chi connectivity index (χ2n) is 11.0. The Balaban J connectivity index is 0.000000778. The van der Waals surface area contributed by atoms with Gasteiger partial charge in [0.15, 0.2) is 11.5 Å². The number of benzene rings is 3. The molecule has 0 unspecified atom stereocenters. The van der Waals surface area contributed by atoms with Gasteiger partial charge in [-0.05, 0) is 102 Å². The van der Waals surface area contributed by atoms with Gasteiger partial charge in [-0.2, -0.15) is 0 Å². The number of carboxylic acid groups (broad SMARTS) is 2. The van der Waals surface area contributed by atoms with Crippen molar-refractivity contribution in [3.8, 4) is 11.5 Å². The van der Waals surface area contributed by atoms with Crippen molar-refractivity contribution in [1.29, 1.82) is 0 Å². The Hall–Kier alpha value is -3.15. The van der Waals surface area contributed by atoms with Crippen LogP contribution in [0.4, 0.5) is 5.69 Å². The summed E-state index contributed by atoms with van der Waals surface area (Å²) in [5.74, 6) is -5.80. The zero-order valence-electron chi connectivity index (χ0n) is 26.3. The van der Waals surface area contributed by atoms with Gasteiger partial charge >= 0.3 is 23.9 Å². The molecule has 0 bridgehead atoms. The monoisotopic (exact) mass is 920 g/mol. The van der Waals surface area contributed by atoms with Crippen molar-refractivity contribution in [3.63, 3.8) is 0 Å². The van der Waals surface area contributed by atoms with Crippen LogP contribution in [-0.4, -0.2) is 58.2 Å². The van der Waals surface area contributed by atoms with Gasteiger partial charge in [0.05, 0.1) is 32.8 Å². The van der Waals surface area contributed by atoms with Gasteiger partial charge in [-0.15, -0.1) is 0 Å². The number of nitrogens with one attached hydrogen (secondary N) is 1. The smallest absolute Gasteiger partial charge is 0.343 e. The summed E-state index contributed by atoms with van der Waals surface area (Å²) in [5.41, 5.74) is 4.42. The summed E-state index contributed by atoms with van der Waals surface area (Å²) in [6.07, 6.45) is 0.378. The van der Waals surface area contributed by atoms with E-state index in [-0.39, 0.29) is 66.4 Å². The Morgan fingerprint density at radius 2 is 1.19 bits per heavy atom. The fraction of sp³-hybridized carbons (Fsp3) is 0.281. The average Bonchev–Trinajstić information content (AvgIpc) is 2.97. The summed E-state index contributed by atoms with van der Waals surface area (Å²) in [5, 5.41) is 21.6. The zero-order valence-corrected chi connectivity index (χ0v) is 32.6. The molecule has 0 atom stereocenters. The lowest BCUT2D eigenvalue weighted by molar-refractivity contribution is -0.115. The molecule has 0 aromatic heterocycles. The number of anilines is 1. The molecule has 258 valence electrons. The van der Waals surface area contributed by atoms with Crippen molar-refractivity contribution in [1.82, 2.24) is 0 Å². The van der Waals surface area contributed by atoms with Crippen LogP contribution in [0.5, 0.6) is 11.5 Å². The molecule has 0 heterocycles. The van der Waals surface area contributed by atoms with Crippen LogP contribution >= 0.6 is 63.7 Å². The Bertz CT molecular complexity index is 1620. The number of hydrogen-bond donors (Lipinski definition) is 4. The quantitative estimate of drug-likeness (QED) is 0.107. The van der Waals surface area contributed by atoms with E-state index in [4.69, 9.17) is 19.9 Å². The summed E-state index contributed by atoms with van der Waals surface area (Å²) in [7, 11) is 0. The topological polar surface area (TPSA) is 192 Å². The number of ether oxygens (including phenoxy) is 3. The normalized spacial score (nSPS) is 10.9. The predicted molar refractivity (Wildman–Crippen MR) is 192 cm³/mol. The largest absolute Gasteiger partial charge is 0.478 e. The fourth-order valence-corrected chi connectivity index (χ4v) is 6.13. The third kappa shape index (κ3) is 12.7. The molecule has 0 radical (unpaired) electrons. The summed E-state index contributed by atoms with van der Waals surface area (Å²) in [6, 6.07) is 9.01. The first-order valence-electron chi connectivity index (χ1n) is 14.0. The number of halogens is 4. The van der Waals surface area contributed by atoms with Gasteiger partial charge in [0.2, 0.25) is 5.91 Å². The maximum absolute atomic E-state index is 13.1. The van der Waals surface area contributed by atoms with Gasteiger partial charge in [-0.25, -0.2) is 19.2 Å². The molecule has 1 amide bonds. The first-order valence-corrected chi connectivity index (χ1v) is 17.1. The highest BCUT2D eigenvalue weighted by Gasteiger charge is 2.24. The molecule has 0 aliphatic heterocycles. The van der Waals surface area contributed by atoms with Crippen LogP contribution in [0.25, 0.3) is 0 Å². The van der Waals surface area contributed by atoms with Crippen molar-refractivity contribution < 1.29 is 48.4 Å². The van der Waals surface area contributed by atoms with E-state index in [2.05, 4.69) is 69.0 Å². The van der Waals surface area contributed by atoms with E-state index in [1.54, 1.807) is 6.92 Å². The molecule has 0 saturated carbocycles.